The van der Waals surface area contributed by atoms with Crippen LogP contribution in [-0.2, 0) is 10.1 Å². The van der Waals surface area contributed by atoms with Crippen LogP contribution >= 0.6 is 0 Å². The lowest BCUT2D eigenvalue weighted by molar-refractivity contribution is 0.464. The SMILES string of the molecule is CCCCCCCCCCCCCC(C)S(=O)(=O)Oc1cccc(C)c1. The molecule has 0 saturated heterocycles. The molecule has 1 unspecified atom stereocenters. The van der Waals surface area contributed by atoms with Crippen LogP contribution in [0.5, 0.6) is 5.75 Å². The Balaban J connectivity index is 2.11. The average molecular weight is 383 g/mol. The fraction of sp³-hybridized carbons (Fsp3) is 0.727. The second-order valence-electron chi connectivity index (χ2n) is 7.53. The molecule has 0 amide bonds. The topological polar surface area (TPSA) is 43.4 Å². The van der Waals surface area contributed by atoms with E-state index in [-0.39, 0.29) is 0 Å². The van der Waals surface area contributed by atoms with Gasteiger partial charge in [0, 0.05) is 0 Å². The molecule has 0 spiro atoms. The predicted molar refractivity (Wildman–Crippen MR) is 111 cm³/mol. The zero-order valence-corrected chi connectivity index (χ0v) is 17.8. The zero-order valence-electron chi connectivity index (χ0n) is 17.0. The van der Waals surface area contributed by atoms with Gasteiger partial charge in [-0.05, 0) is 38.0 Å². The maximum atomic E-state index is 12.3. The van der Waals surface area contributed by atoms with Crippen LogP contribution in [0.2, 0.25) is 0 Å². The maximum absolute atomic E-state index is 12.3. The first-order chi connectivity index (χ1) is 12.5. The summed E-state index contributed by atoms with van der Waals surface area (Å²) in [4.78, 5) is 0. The molecule has 4 heteroatoms. The molecule has 0 aliphatic heterocycles. The van der Waals surface area contributed by atoms with Gasteiger partial charge < -0.3 is 4.18 Å². The Morgan fingerprint density at radius 2 is 1.42 bits per heavy atom. The van der Waals surface area contributed by atoms with Gasteiger partial charge in [0.05, 0.1) is 5.25 Å². The van der Waals surface area contributed by atoms with E-state index in [1.54, 1.807) is 19.1 Å². The van der Waals surface area contributed by atoms with Gasteiger partial charge in [-0.3, -0.25) is 0 Å². The third-order valence-electron chi connectivity index (χ3n) is 4.91. The number of hydrogen-bond acceptors (Lipinski definition) is 3. The van der Waals surface area contributed by atoms with Gasteiger partial charge in [0.1, 0.15) is 5.75 Å². The monoisotopic (exact) mass is 382 g/mol. The molecule has 0 aliphatic carbocycles. The van der Waals surface area contributed by atoms with Crippen molar-refractivity contribution in [2.75, 3.05) is 0 Å². The van der Waals surface area contributed by atoms with Crippen molar-refractivity contribution in [1.29, 1.82) is 0 Å². The first kappa shape index (κ1) is 23.0. The quantitative estimate of drug-likeness (QED) is 0.248. The molecular weight excluding hydrogens is 344 g/mol. The first-order valence-electron chi connectivity index (χ1n) is 10.5. The Bertz CT molecular complexity index is 581. The van der Waals surface area contributed by atoms with Gasteiger partial charge in [-0.15, -0.1) is 0 Å². The summed E-state index contributed by atoms with van der Waals surface area (Å²) in [5, 5.41) is -0.457. The molecule has 26 heavy (non-hydrogen) atoms. The molecule has 1 aromatic rings. The minimum Gasteiger partial charge on any atom is -0.382 e. The van der Waals surface area contributed by atoms with E-state index < -0.39 is 15.4 Å². The van der Waals surface area contributed by atoms with Crippen LogP contribution in [0.15, 0.2) is 24.3 Å². The van der Waals surface area contributed by atoms with Crippen molar-refractivity contribution < 1.29 is 12.6 Å². The van der Waals surface area contributed by atoms with Crippen molar-refractivity contribution in [2.45, 2.75) is 103 Å². The van der Waals surface area contributed by atoms with E-state index in [9.17, 15) is 8.42 Å². The standard InChI is InChI=1S/C22H38O3S/c1-4-5-6-7-8-9-10-11-12-13-14-17-21(3)26(23,24)25-22-18-15-16-20(2)19-22/h15-16,18-19,21H,4-14,17H2,1-3H3. The van der Waals surface area contributed by atoms with Crippen LogP contribution in [0.3, 0.4) is 0 Å². The van der Waals surface area contributed by atoms with Gasteiger partial charge in [-0.2, -0.15) is 8.42 Å². The number of aryl methyl sites for hydroxylation is 1. The van der Waals surface area contributed by atoms with E-state index in [0.717, 1.165) is 18.4 Å². The Morgan fingerprint density at radius 1 is 0.885 bits per heavy atom. The third kappa shape index (κ3) is 10.2. The lowest BCUT2D eigenvalue weighted by atomic mass is 10.0. The second kappa shape index (κ2) is 13.2. The van der Waals surface area contributed by atoms with Crippen molar-refractivity contribution in [3.63, 3.8) is 0 Å². The summed E-state index contributed by atoms with van der Waals surface area (Å²) in [6, 6.07) is 7.19. The Morgan fingerprint density at radius 3 is 1.96 bits per heavy atom. The largest absolute Gasteiger partial charge is 0.382 e. The molecule has 0 heterocycles. The van der Waals surface area contributed by atoms with Crippen molar-refractivity contribution in [1.82, 2.24) is 0 Å². The fourth-order valence-corrected chi connectivity index (χ4v) is 4.12. The lowest BCUT2D eigenvalue weighted by Gasteiger charge is -2.14. The van der Waals surface area contributed by atoms with Crippen molar-refractivity contribution in [3.05, 3.63) is 29.8 Å². The molecule has 150 valence electrons. The second-order valence-corrected chi connectivity index (χ2v) is 9.48. The Labute approximate surface area is 161 Å². The molecule has 0 aliphatic rings. The van der Waals surface area contributed by atoms with Gasteiger partial charge in [-0.1, -0.05) is 89.7 Å². The summed E-state index contributed by atoms with van der Waals surface area (Å²) in [5.74, 6) is 0.413. The van der Waals surface area contributed by atoms with Crippen molar-refractivity contribution in [3.8, 4) is 5.75 Å². The highest BCUT2D eigenvalue weighted by Crippen LogP contribution is 2.20. The minimum absolute atomic E-state index is 0.413. The van der Waals surface area contributed by atoms with Crippen LogP contribution in [0.4, 0.5) is 0 Å². The third-order valence-corrected chi connectivity index (χ3v) is 6.55. The molecule has 1 rings (SSSR count). The first-order valence-corrected chi connectivity index (χ1v) is 11.9. The van der Waals surface area contributed by atoms with E-state index in [4.69, 9.17) is 4.18 Å². The fourth-order valence-electron chi connectivity index (χ4n) is 3.12. The van der Waals surface area contributed by atoms with Gasteiger partial charge in [-0.25, -0.2) is 0 Å². The molecule has 3 nitrogen and oxygen atoms in total. The smallest absolute Gasteiger partial charge is 0.311 e. The predicted octanol–water partition coefficient (Wildman–Crippen LogP) is 6.79. The highest BCUT2D eigenvalue weighted by atomic mass is 32.2. The van der Waals surface area contributed by atoms with E-state index in [2.05, 4.69) is 6.92 Å². The molecule has 0 radical (unpaired) electrons. The van der Waals surface area contributed by atoms with Gasteiger partial charge in [0.15, 0.2) is 0 Å². The molecule has 1 aromatic carbocycles. The van der Waals surface area contributed by atoms with Crippen LogP contribution in [0, 0.1) is 6.92 Å². The van der Waals surface area contributed by atoms with Crippen molar-refractivity contribution in [2.24, 2.45) is 0 Å². The molecule has 0 aromatic heterocycles. The molecule has 0 saturated carbocycles. The van der Waals surface area contributed by atoms with Gasteiger partial charge >= 0.3 is 10.1 Å². The van der Waals surface area contributed by atoms with Crippen LogP contribution in [0.1, 0.15) is 96.5 Å². The maximum Gasteiger partial charge on any atom is 0.311 e. The van der Waals surface area contributed by atoms with Gasteiger partial charge in [0.25, 0.3) is 0 Å². The van der Waals surface area contributed by atoms with E-state index >= 15 is 0 Å². The average Bonchev–Trinajstić information content (AvgIpc) is 2.59. The summed E-state index contributed by atoms with van der Waals surface area (Å²) in [7, 11) is -3.54. The highest BCUT2D eigenvalue weighted by Gasteiger charge is 2.22. The Kier molecular flexibility index (Phi) is 11.7. The molecule has 1 atom stereocenters. The van der Waals surface area contributed by atoms with Crippen LogP contribution in [0.25, 0.3) is 0 Å². The van der Waals surface area contributed by atoms with E-state index in [0.29, 0.717) is 12.2 Å². The van der Waals surface area contributed by atoms with E-state index in [1.165, 1.54) is 57.8 Å². The summed E-state index contributed by atoms with van der Waals surface area (Å²) in [6.07, 6.45) is 14.7. The lowest BCUT2D eigenvalue weighted by Crippen LogP contribution is -2.23. The zero-order chi connectivity index (χ0) is 19.3. The number of hydrogen-bond donors (Lipinski definition) is 0. The molecular formula is C22H38O3S. The summed E-state index contributed by atoms with van der Waals surface area (Å²) in [5.41, 5.74) is 0.996. The minimum atomic E-state index is -3.54. The number of rotatable bonds is 15. The van der Waals surface area contributed by atoms with Crippen molar-refractivity contribution >= 4 is 10.1 Å². The highest BCUT2D eigenvalue weighted by molar-refractivity contribution is 7.87. The number of unbranched alkanes of at least 4 members (excludes halogenated alkanes) is 10. The normalized spacial score (nSPS) is 12.9. The van der Waals surface area contributed by atoms with Crippen LogP contribution < -0.4 is 4.18 Å². The van der Waals surface area contributed by atoms with Crippen LogP contribution in [-0.4, -0.2) is 13.7 Å². The van der Waals surface area contributed by atoms with Gasteiger partial charge in [0.2, 0.25) is 0 Å². The molecule has 0 N–H and O–H groups in total. The Hall–Kier alpha value is -1.03. The van der Waals surface area contributed by atoms with E-state index in [1.807, 2.05) is 19.1 Å². The summed E-state index contributed by atoms with van der Waals surface area (Å²) in [6.45, 7) is 5.93. The molecule has 0 fully saturated rings. The number of benzene rings is 1. The summed E-state index contributed by atoms with van der Waals surface area (Å²) < 4.78 is 29.9. The molecule has 0 bridgehead atoms. The summed E-state index contributed by atoms with van der Waals surface area (Å²) >= 11 is 0.